The first-order valence-corrected chi connectivity index (χ1v) is 7.62. The molecule has 6 heteroatoms. The summed E-state index contributed by atoms with van der Waals surface area (Å²) in [6, 6.07) is 8.20. The Morgan fingerprint density at radius 2 is 2.05 bits per heavy atom. The fourth-order valence-electron chi connectivity index (χ4n) is 1.83. The highest BCUT2D eigenvalue weighted by Gasteiger charge is 2.04. The van der Waals surface area contributed by atoms with Crippen molar-refractivity contribution >= 4 is 17.7 Å². The summed E-state index contributed by atoms with van der Waals surface area (Å²) in [4.78, 5) is 29.4. The lowest BCUT2D eigenvalue weighted by Crippen LogP contribution is -2.09. The Hall–Kier alpha value is -2.08. The third-order valence-electron chi connectivity index (χ3n) is 2.86. The minimum Gasteiger partial charge on any atom is -0.478 e. The fraction of sp³-hybridized carbons (Fsp3) is 0.267. The van der Waals surface area contributed by atoms with Crippen LogP contribution in [-0.4, -0.2) is 21.0 Å². The quantitative estimate of drug-likeness (QED) is 0.633. The molecule has 0 saturated carbocycles. The normalized spacial score (nSPS) is 10.5. The summed E-state index contributed by atoms with van der Waals surface area (Å²) in [6.45, 7) is 2.04. The van der Waals surface area contributed by atoms with Gasteiger partial charge >= 0.3 is 5.97 Å². The maximum atomic E-state index is 11.5. The molecule has 0 unspecified atom stereocenters. The number of hydrogen-bond donors (Lipinski definition) is 2. The van der Waals surface area contributed by atoms with Gasteiger partial charge in [-0.1, -0.05) is 37.2 Å². The van der Waals surface area contributed by atoms with E-state index in [9.17, 15) is 9.59 Å². The largest absolute Gasteiger partial charge is 0.478 e. The van der Waals surface area contributed by atoms with E-state index in [4.69, 9.17) is 5.11 Å². The molecule has 0 aliphatic rings. The first-order chi connectivity index (χ1) is 10.1. The first-order valence-electron chi connectivity index (χ1n) is 6.63. The van der Waals surface area contributed by atoms with Crippen molar-refractivity contribution < 1.29 is 9.90 Å². The Bertz CT molecular complexity index is 680. The van der Waals surface area contributed by atoms with Gasteiger partial charge in [-0.3, -0.25) is 4.79 Å². The van der Waals surface area contributed by atoms with Crippen molar-refractivity contribution in [2.45, 2.75) is 30.7 Å². The molecular formula is C15H16N2O3S. The number of rotatable bonds is 6. The molecule has 110 valence electrons. The van der Waals surface area contributed by atoms with Gasteiger partial charge in [0, 0.05) is 17.5 Å². The van der Waals surface area contributed by atoms with Crippen LogP contribution in [0.3, 0.4) is 0 Å². The van der Waals surface area contributed by atoms with Gasteiger partial charge in [-0.25, -0.2) is 9.78 Å². The van der Waals surface area contributed by atoms with Gasteiger partial charge < -0.3 is 10.1 Å². The monoisotopic (exact) mass is 304 g/mol. The van der Waals surface area contributed by atoms with Gasteiger partial charge in [0.05, 0.1) is 5.56 Å². The Morgan fingerprint density at radius 1 is 1.33 bits per heavy atom. The number of hydrogen-bond acceptors (Lipinski definition) is 4. The van der Waals surface area contributed by atoms with Crippen LogP contribution in [0, 0.1) is 0 Å². The molecule has 0 aliphatic carbocycles. The van der Waals surface area contributed by atoms with Crippen LogP contribution in [0.1, 0.15) is 35.0 Å². The molecule has 1 aromatic carbocycles. The van der Waals surface area contributed by atoms with Crippen LogP contribution in [0.2, 0.25) is 0 Å². The molecule has 0 aliphatic heterocycles. The maximum Gasteiger partial charge on any atom is 0.335 e. The van der Waals surface area contributed by atoms with Gasteiger partial charge in [0.1, 0.15) is 0 Å². The zero-order valence-electron chi connectivity index (χ0n) is 11.6. The lowest BCUT2D eigenvalue weighted by Gasteiger charge is -2.04. The van der Waals surface area contributed by atoms with Crippen LogP contribution >= 0.6 is 11.8 Å². The number of H-pyrrole nitrogens is 1. The number of aromatic amines is 1. The van der Waals surface area contributed by atoms with Gasteiger partial charge in [-0.2, -0.15) is 0 Å². The SMILES string of the molecule is CCCc1cc(=O)[nH]c(SCc2ccc(C(=O)O)cc2)n1. The molecule has 1 heterocycles. The number of carbonyl (C=O) groups is 1. The Kier molecular flexibility index (Phi) is 5.16. The van der Waals surface area contributed by atoms with E-state index in [1.165, 1.54) is 17.8 Å². The number of carboxylic acid groups (broad SMARTS) is 1. The van der Waals surface area contributed by atoms with E-state index in [0.29, 0.717) is 10.9 Å². The van der Waals surface area contributed by atoms with Crippen molar-refractivity contribution in [2.75, 3.05) is 0 Å². The van der Waals surface area contributed by atoms with E-state index < -0.39 is 5.97 Å². The fourth-order valence-corrected chi connectivity index (χ4v) is 2.68. The van der Waals surface area contributed by atoms with Gasteiger partial charge in [0.2, 0.25) is 0 Å². The second-order valence-electron chi connectivity index (χ2n) is 4.58. The number of carboxylic acids is 1. The molecule has 5 nitrogen and oxygen atoms in total. The van der Waals surface area contributed by atoms with Gasteiger partial charge in [-0.05, 0) is 24.1 Å². The van der Waals surface area contributed by atoms with E-state index in [1.807, 2.05) is 6.92 Å². The highest BCUT2D eigenvalue weighted by molar-refractivity contribution is 7.98. The van der Waals surface area contributed by atoms with E-state index in [1.54, 1.807) is 24.3 Å². The molecule has 0 spiro atoms. The number of nitrogens with zero attached hydrogens (tertiary/aromatic N) is 1. The van der Waals surface area contributed by atoms with E-state index in [2.05, 4.69) is 9.97 Å². The van der Waals surface area contributed by atoms with Crippen LogP contribution < -0.4 is 5.56 Å². The number of benzene rings is 1. The number of nitrogens with one attached hydrogen (secondary N) is 1. The maximum absolute atomic E-state index is 11.5. The summed E-state index contributed by atoms with van der Waals surface area (Å²) in [5.74, 6) is -0.314. The molecule has 2 N–H and O–H groups in total. The summed E-state index contributed by atoms with van der Waals surface area (Å²) in [5.41, 5.74) is 1.90. The van der Waals surface area contributed by atoms with Crippen molar-refractivity contribution in [3.63, 3.8) is 0 Å². The second kappa shape index (κ2) is 7.08. The average molecular weight is 304 g/mol. The predicted octanol–water partition coefficient (Wildman–Crippen LogP) is 2.71. The van der Waals surface area contributed by atoms with E-state index in [-0.39, 0.29) is 11.1 Å². The average Bonchev–Trinajstić information content (AvgIpc) is 2.45. The standard InChI is InChI=1S/C15H16N2O3S/c1-2-3-12-8-13(18)17-15(16-12)21-9-10-4-6-11(7-5-10)14(19)20/h4-8H,2-3,9H2,1H3,(H,19,20)(H,16,17,18). The van der Waals surface area contributed by atoms with Crippen LogP contribution in [0.5, 0.6) is 0 Å². The number of aromatic nitrogens is 2. The predicted molar refractivity (Wildman–Crippen MR) is 81.8 cm³/mol. The number of aromatic carboxylic acids is 1. The molecule has 0 amide bonds. The number of thioether (sulfide) groups is 1. The Labute approximate surface area is 126 Å². The Balaban J connectivity index is 2.05. The van der Waals surface area contributed by atoms with Crippen LogP contribution in [0.25, 0.3) is 0 Å². The van der Waals surface area contributed by atoms with Gasteiger partial charge in [0.25, 0.3) is 5.56 Å². The molecule has 2 aromatic rings. The molecule has 2 rings (SSSR count). The third kappa shape index (κ3) is 4.46. The van der Waals surface area contributed by atoms with Crippen molar-refractivity contribution in [1.82, 2.24) is 9.97 Å². The molecule has 0 fully saturated rings. The van der Waals surface area contributed by atoms with Crippen LogP contribution in [-0.2, 0) is 12.2 Å². The molecule has 0 saturated heterocycles. The van der Waals surface area contributed by atoms with Crippen molar-refractivity contribution in [3.8, 4) is 0 Å². The van der Waals surface area contributed by atoms with Crippen molar-refractivity contribution in [2.24, 2.45) is 0 Å². The van der Waals surface area contributed by atoms with Crippen LogP contribution in [0.15, 0.2) is 40.3 Å². The molecular weight excluding hydrogens is 288 g/mol. The summed E-state index contributed by atoms with van der Waals surface area (Å²) < 4.78 is 0. The highest BCUT2D eigenvalue weighted by Crippen LogP contribution is 2.19. The second-order valence-corrected chi connectivity index (χ2v) is 5.55. The number of aryl methyl sites for hydroxylation is 1. The minimum atomic E-state index is -0.938. The summed E-state index contributed by atoms with van der Waals surface area (Å²) >= 11 is 1.43. The van der Waals surface area contributed by atoms with E-state index in [0.717, 1.165) is 24.1 Å². The van der Waals surface area contributed by atoms with Gasteiger partial charge in [0.15, 0.2) is 5.16 Å². The van der Waals surface area contributed by atoms with Gasteiger partial charge in [-0.15, -0.1) is 0 Å². The van der Waals surface area contributed by atoms with Crippen molar-refractivity contribution in [3.05, 3.63) is 57.5 Å². The summed E-state index contributed by atoms with van der Waals surface area (Å²) in [7, 11) is 0. The molecule has 1 aromatic heterocycles. The molecule has 0 atom stereocenters. The molecule has 21 heavy (non-hydrogen) atoms. The topological polar surface area (TPSA) is 83.0 Å². The van der Waals surface area contributed by atoms with Crippen molar-refractivity contribution in [1.29, 1.82) is 0 Å². The first kappa shape index (κ1) is 15.3. The smallest absolute Gasteiger partial charge is 0.335 e. The zero-order chi connectivity index (χ0) is 15.2. The summed E-state index contributed by atoms with van der Waals surface area (Å²) in [5, 5.41) is 9.43. The molecule has 0 radical (unpaired) electrons. The van der Waals surface area contributed by atoms with E-state index >= 15 is 0 Å². The third-order valence-corrected chi connectivity index (χ3v) is 3.80. The summed E-state index contributed by atoms with van der Waals surface area (Å²) in [6.07, 6.45) is 1.72. The molecule has 0 bridgehead atoms. The van der Waals surface area contributed by atoms with Crippen LogP contribution in [0.4, 0.5) is 0 Å². The Morgan fingerprint density at radius 3 is 2.67 bits per heavy atom. The lowest BCUT2D eigenvalue weighted by molar-refractivity contribution is 0.0697. The minimum absolute atomic E-state index is 0.142. The highest BCUT2D eigenvalue weighted by atomic mass is 32.2. The zero-order valence-corrected chi connectivity index (χ0v) is 12.4. The lowest BCUT2D eigenvalue weighted by atomic mass is 10.1.